The second-order valence-corrected chi connectivity index (χ2v) is 6.12. The molecular formula is C13H17ClN6S. The van der Waals surface area contributed by atoms with Crippen LogP contribution in [-0.2, 0) is 6.54 Å². The van der Waals surface area contributed by atoms with Gasteiger partial charge in [0, 0.05) is 55.0 Å². The van der Waals surface area contributed by atoms with Crippen LogP contribution in [-0.4, -0.2) is 40.7 Å². The molecule has 0 amide bonds. The van der Waals surface area contributed by atoms with Gasteiger partial charge in [0.2, 0.25) is 0 Å². The second-order valence-electron chi connectivity index (χ2n) is 4.93. The van der Waals surface area contributed by atoms with Crippen LogP contribution in [0.25, 0.3) is 0 Å². The molecule has 0 spiro atoms. The lowest BCUT2D eigenvalue weighted by molar-refractivity contribution is 0.247. The van der Waals surface area contributed by atoms with Crippen LogP contribution in [0.2, 0.25) is 5.02 Å². The molecule has 0 aliphatic carbocycles. The number of rotatable bonds is 4. The van der Waals surface area contributed by atoms with Gasteiger partial charge in [-0.3, -0.25) is 4.90 Å². The van der Waals surface area contributed by atoms with Gasteiger partial charge in [0.05, 0.1) is 0 Å². The lowest BCUT2D eigenvalue weighted by atomic mass is 10.2. The average Bonchev–Trinajstić information content (AvgIpc) is 2.96. The summed E-state index contributed by atoms with van der Waals surface area (Å²) in [5, 5.41) is 5.74. The van der Waals surface area contributed by atoms with E-state index in [4.69, 9.17) is 17.4 Å². The zero-order chi connectivity index (χ0) is 14.7. The second kappa shape index (κ2) is 6.57. The summed E-state index contributed by atoms with van der Waals surface area (Å²) < 4.78 is 3.93. The maximum absolute atomic E-state index is 5.93. The van der Waals surface area contributed by atoms with Crippen LogP contribution >= 0.6 is 23.1 Å². The molecule has 0 radical (unpaired) electrons. The molecule has 0 saturated carbocycles. The van der Waals surface area contributed by atoms with Gasteiger partial charge in [-0.05, 0) is 24.3 Å². The summed E-state index contributed by atoms with van der Waals surface area (Å²) in [6.45, 7) is 4.74. The van der Waals surface area contributed by atoms with Crippen molar-refractivity contribution in [3.05, 3.63) is 35.0 Å². The molecule has 2 aromatic rings. The van der Waals surface area contributed by atoms with Crippen molar-refractivity contribution in [1.29, 1.82) is 0 Å². The van der Waals surface area contributed by atoms with Crippen LogP contribution in [0.1, 0.15) is 5.69 Å². The zero-order valence-corrected chi connectivity index (χ0v) is 13.1. The molecule has 21 heavy (non-hydrogen) atoms. The van der Waals surface area contributed by atoms with E-state index in [9.17, 15) is 0 Å². The van der Waals surface area contributed by atoms with Gasteiger partial charge in [-0.2, -0.15) is 0 Å². The Morgan fingerprint density at radius 2 is 1.90 bits per heavy atom. The normalized spacial score (nSPS) is 16.2. The third kappa shape index (κ3) is 3.44. The van der Waals surface area contributed by atoms with E-state index in [1.54, 1.807) is 0 Å². The molecule has 1 aromatic heterocycles. The summed E-state index contributed by atoms with van der Waals surface area (Å²) in [5.41, 5.74) is 4.79. The number of hydrazine groups is 1. The molecule has 0 atom stereocenters. The van der Waals surface area contributed by atoms with Crippen LogP contribution in [0, 0.1) is 0 Å². The van der Waals surface area contributed by atoms with Gasteiger partial charge >= 0.3 is 0 Å². The van der Waals surface area contributed by atoms with E-state index < -0.39 is 0 Å². The van der Waals surface area contributed by atoms with Crippen LogP contribution in [0.3, 0.4) is 0 Å². The molecule has 1 fully saturated rings. The van der Waals surface area contributed by atoms with E-state index in [0.717, 1.165) is 48.4 Å². The SMILES string of the molecule is NNc1snnc1CN1CCN(c2ccc(Cl)cc2)CC1. The molecule has 6 nitrogen and oxygen atoms in total. The fraction of sp³-hybridized carbons (Fsp3) is 0.385. The van der Waals surface area contributed by atoms with E-state index >= 15 is 0 Å². The standard InChI is InChI=1S/C13H17ClN6S/c14-10-1-3-11(4-2-10)20-7-5-19(6-8-20)9-12-13(16-15)21-18-17-12/h1-4,16H,5-9,15H2. The van der Waals surface area contributed by atoms with Gasteiger partial charge in [0.1, 0.15) is 10.7 Å². The quantitative estimate of drug-likeness (QED) is 0.660. The molecule has 0 unspecified atom stereocenters. The van der Waals surface area contributed by atoms with Gasteiger partial charge < -0.3 is 10.3 Å². The Hall–Kier alpha value is -1.41. The lowest BCUT2D eigenvalue weighted by Gasteiger charge is -2.35. The number of hydrogen-bond donors (Lipinski definition) is 2. The number of anilines is 2. The highest BCUT2D eigenvalue weighted by Crippen LogP contribution is 2.21. The number of nitrogens with zero attached hydrogens (tertiary/aromatic N) is 4. The molecule has 3 rings (SSSR count). The van der Waals surface area contributed by atoms with Crippen molar-refractivity contribution in [1.82, 2.24) is 14.5 Å². The topological polar surface area (TPSA) is 70.3 Å². The molecule has 1 saturated heterocycles. The summed E-state index contributed by atoms with van der Waals surface area (Å²) in [6.07, 6.45) is 0. The Balaban J connectivity index is 1.56. The van der Waals surface area contributed by atoms with Crippen molar-refractivity contribution in [3.63, 3.8) is 0 Å². The van der Waals surface area contributed by atoms with Crippen LogP contribution in [0.15, 0.2) is 24.3 Å². The summed E-state index contributed by atoms with van der Waals surface area (Å²) in [7, 11) is 0. The number of nitrogens with one attached hydrogen (secondary N) is 1. The first-order valence-corrected chi connectivity index (χ1v) is 7.92. The number of halogens is 1. The van der Waals surface area contributed by atoms with Crippen molar-refractivity contribution >= 4 is 33.8 Å². The summed E-state index contributed by atoms with van der Waals surface area (Å²) in [6, 6.07) is 8.00. The Labute approximate surface area is 132 Å². The largest absolute Gasteiger partial charge is 0.369 e. The van der Waals surface area contributed by atoms with Gasteiger partial charge in [0.15, 0.2) is 0 Å². The molecular weight excluding hydrogens is 308 g/mol. The average molecular weight is 325 g/mol. The van der Waals surface area contributed by atoms with Crippen molar-refractivity contribution < 1.29 is 0 Å². The number of piperazine rings is 1. The number of hydrogen-bond acceptors (Lipinski definition) is 7. The molecule has 2 heterocycles. The lowest BCUT2D eigenvalue weighted by Crippen LogP contribution is -2.46. The van der Waals surface area contributed by atoms with Crippen molar-refractivity contribution in [3.8, 4) is 0 Å². The highest BCUT2D eigenvalue weighted by Gasteiger charge is 2.19. The summed E-state index contributed by atoms with van der Waals surface area (Å²) >= 11 is 7.22. The van der Waals surface area contributed by atoms with E-state index in [2.05, 4.69) is 36.9 Å². The third-order valence-electron chi connectivity index (χ3n) is 3.62. The smallest absolute Gasteiger partial charge is 0.148 e. The van der Waals surface area contributed by atoms with E-state index in [-0.39, 0.29) is 0 Å². The fourth-order valence-electron chi connectivity index (χ4n) is 2.45. The number of benzene rings is 1. The maximum Gasteiger partial charge on any atom is 0.148 e. The summed E-state index contributed by atoms with van der Waals surface area (Å²) in [4.78, 5) is 4.73. The monoisotopic (exact) mass is 324 g/mol. The zero-order valence-electron chi connectivity index (χ0n) is 11.5. The predicted octanol–water partition coefficient (Wildman–Crippen LogP) is 1.80. The van der Waals surface area contributed by atoms with Gasteiger partial charge in [-0.1, -0.05) is 16.1 Å². The third-order valence-corrected chi connectivity index (χ3v) is 4.58. The maximum atomic E-state index is 5.93. The van der Waals surface area contributed by atoms with E-state index in [1.807, 2.05) is 12.1 Å². The first-order valence-electron chi connectivity index (χ1n) is 6.77. The van der Waals surface area contributed by atoms with Gasteiger partial charge in [-0.15, -0.1) is 5.10 Å². The highest BCUT2D eigenvalue weighted by atomic mass is 35.5. The fourth-order valence-corrected chi connectivity index (χ4v) is 3.06. The molecule has 0 bridgehead atoms. The highest BCUT2D eigenvalue weighted by molar-refractivity contribution is 7.10. The van der Waals surface area contributed by atoms with Crippen LogP contribution < -0.4 is 16.2 Å². The first kappa shape index (κ1) is 14.5. The minimum Gasteiger partial charge on any atom is -0.369 e. The molecule has 1 aliphatic rings. The van der Waals surface area contributed by atoms with Crippen LogP contribution in [0.5, 0.6) is 0 Å². The molecule has 1 aromatic carbocycles. The van der Waals surface area contributed by atoms with E-state index in [1.165, 1.54) is 17.2 Å². The summed E-state index contributed by atoms with van der Waals surface area (Å²) in [5.74, 6) is 5.45. The number of aromatic nitrogens is 2. The van der Waals surface area contributed by atoms with E-state index in [0.29, 0.717) is 0 Å². The molecule has 1 aliphatic heterocycles. The predicted molar refractivity (Wildman–Crippen MR) is 86.7 cm³/mol. The van der Waals surface area contributed by atoms with Crippen molar-refractivity contribution in [2.75, 3.05) is 36.5 Å². The molecule has 3 N–H and O–H groups in total. The van der Waals surface area contributed by atoms with Crippen molar-refractivity contribution in [2.24, 2.45) is 5.84 Å². The van der Waals surface area contributed by atoms with Gasteiger partial charge in [0.25, 0.3) is 0 Å². The molecule has 112 valence electrons. The van der Waals surface area contributed by atoms with Crippen molar-refractivity contribution in [2.45, 2.75) is 6.54 Å². The molecule has 8 heteroatoms. The number of nitrogens with two attached hydrogens (primary N) is 1. The minimum absolute atomic E-state index is 0.773. The Bertz CT molecular complexity index is 579. The minimum atomic E-state index is 0.773. The Kier molecular flexibility index (Phi) is 4.54. The Morgan fingerprint density at radius 1 is 1.19 bits per heavy atom. The number of nitrogen functional groups attached to an aromatic ring is 1. The first-order chi connectivity index (χ1) is 10.3. The van der Waals surface area contributed by atoms with Crippen LogP contribution in [0.4, 0.5) is 10.7 Å². The Morgan fingerprint density at radius 3 is 2.57 bits per heavy atom. The van der Waals surface area contributed by atoms with Gasteiger partial charge in [-0.25, -0.2) is 5.84 Å².